The number of carbonyl (C=O) groups is 1. The highest BCUT2D eigenvalue weighted by Crippen LogP contribution is 2.29. The Kier molecular flexibility index (Phi) is 7.20. The average molecular weight is 429 g/mol. The molecule has 0 aliphatic carbocycles. The summed E-state index contributed by atoms with van der Waals surface area (Å²) in [4.78, 5) is 11.5. The van der Waals surface area contributed by atoms with E-state index >= 15 is 0 Å². The average Bonchev–Trinajstić information content (AvgIpc) is 3.10. The largest absolute Gasteiger partial charge is 1.00 e. The fourth-order valence-corrected chi connectivity index (χ4v) is 3.71. The second kappa shape index (κ2) is 9.18. The van der Waals surface area contributed by atoms with Crippen molar-refractivity contribution >= 4 is 5.91 Å². The maximum Gasteiger partial charge on any atom is 0.272 e. The molecule has 4 nitrogen and oxygen atoms in total. The summed E-state index contributed by atoms with van der Waals surface area (Å²) in [6, 6.07) is 18.9. The zero-order chi connectivity index (χ0) is 18.5. The summed E-state index contributed by atoms with van der Waals surface area (Å²) >= 11 is 0. The Morgan fingerprint density at radius 2 is 1.48 bits per heavy atom. The second-order valence-corrected chi connectivity index (χ2v) is 7.02. The number of rotatable bonds is 5. The third-order valence-electron chi connectivity index (χ3n) is 5.07. The quantitative estimate of drug-likeness (QED) is 0.475. The highest BCUT2D eigenvalue weighted by Gasteiger charge is 2.34. The van der Waals surface area contributed by atoms with Gasteiger partial charge in [-0.3, -0.25) is 4.79 Å². The Bertz CT molecular complexity index is 767. The van der Waals surface area contributed by atoms with Crippen LogP contribution in [0.1, 0.15) is 24.0 Å². The smallest absolute Gasteiger partial charge is 0.272 e. The summed E-state index contributed by atoms with van der Waals surface area (Å²) in [6.07, 6.45) is 2.16. The normalized spacial score (nSPS) is 15.3. The first kappa shape index (κ1) is 21.2. The molecule has 0 atom stereocenters. The zero-order valence-corrected chi connectivity index (χ0v) is 16.9. The van der Waals surface area contributed by atoms with Gasteiger partial charge in [0, 0.05) is 24.0 Å². The van der Waals surface area contributed by atoms with Gasteiger partial charge in [-0.05, 0) is 5.92 Å². The first-order valence-electron chi connectivity index (χ1n) is 9.01. The van der Waals surface area contributed by atoms with E-state index in [-0.39, 0.29) is 22.9 Å². The van der Waals surface area contributed by atoms with Gasteiger partial charge in [0.25, 0.3) is 5.91 Å². The molecule has 1 fully saturated rings. The Morgan fingerprint density at radius 3 is 1.93 bits per heavy atom. The highest BCUT2D eigenvalue weighted by molar-refractivity contribution is 5.75. The molecular formula is C22H25BrN2O2. The molecule has 3 rings (SSSR count). The predicted octanol–water partition coefficient (Wildman–Crippen LogP) is -0.974. The molecule has 0 bridgehead atoms. The number of quaternary nitrogens is 1. The van der Waals surface area contributed by atoms with Crippen LogP contribution in [-0.4, -0.2) is 41.7 Å². The SMILES string of the molecule is NC(=O)C[N+]1(CC#CC(O)(c2ccccc2)c2ccccc2)CCCC1.[Br-]. The molecule has 142 valence electrons. The molecule has 27 heavy (non-hydrogen) atoms. The van der Waals surface area contributed by atoms with Crippen LogP contribution in [0.5, 0.6) is 0 Å². The zero-order valence-electron chi connectivity index (χ0n) is 15.3. The third kappa shape index (κ3) is 4.98. The van der Waals surface area contributed by atoms with Crippen LogP contribution in [0.15, 0.2) is 60.7 Å². The summed E-state index contributed by atoms with van der Waals surface area (Å²) in [7, 11) is 0. The van der Waals surface area contributed by atoms with Gasteiger partial charge in [0.2, 0.25) is 0 Å². The lowest BCUT2D eigenvalue weighted by molar-refractivity contribution is -0.902. The number of amides is 1. The Balaban J connectivity index is 0.00000261. The second-order valence-electron chi connectivity index (χ2n) is 7.02. The van der Waals surface area contributed by atoms with E-state index in [1.165, 1.54) is 0 Å². The van der Waals surface area contributed by atoms with Gasteiger partial charge in [-0.2, -0.15) is 0 Å². The minimum absolute atomic E-state index is 0. The lowest BCUT2D eigenvalue weighted by Gasteiger charge is -2.31. The molecule has 1 heterocycles. The van der Waals surface area contributed by atoms with Crippen LogP contribution in [0.4, 0.5) is 0 Å². The van der Waals surface area contributed by atoms with Crippen LogP contribution in [-0.2, 0) is 10.4 Å². The van der Waals surface area contributed by atoms with Crippen LogP contribution < -0.4 is 22.7 Å². The van der Waals surface area contributed by atoms with E-state index in [0.29, 0.717) is 17.6 Å². The number of primary amides is 1. The Morgan fingerprint density at radius 1 is 1.00 bits per heavy atom. The van der Waals surface area contributed by atoms with Crippen LogP contribution >= 0.6 is 0 Å². The molecule has 1 amide bonds. The van der Waals surface area contributed by atoms with Gasteiger partial charge in [-0.25, -0.2) is 0 Å². The molecule has 0 unspecified atom stereocenters. The summed E-state index contributed by atoms with van der Waals surface area (Å²) in [5.74, 6) is 5.97. The third-order valence-corrected chi connectivity index (χ3v) is 5.07. The number of halogens is 1. The molecule has 1 saturated heterocycles. The summed E-state index contributed by atoms with van der Waals surface area (Å²) < 4.78 is 0.599. The van der Waals surface area contributed by atoms with Gasteiger partial charge >= 0.3 is 0 Å². The van der Waals surface area contributed by atoms with Crippen LogP contribution in [0.3, 0.4) is 0 Å². The van der Waals surface area contributed by atoms with Crippen molar-refractivity contribution in [2.75, 3.05) is 26.2 Å². The van der Waals surface area contributed by atoms with Gasteiger partial charge in [-0.15, -0.1) is 0 Å². The lowest BCUT2D eigenvalue weighted by Crippen LogP contribution is -3.00. The molecule has 0 radical (unpaired) electrons. The number of aliphatic hydroxyl groups is 1. The van der Waals surface area contributed by atoms with Gasteiger partial charge in [-0.1, -0.05) is 66.6 Å². The predicted molar refractivity (Wildman–Crippen MR) is 102 cm³/mol. The van der Waals surface area contributed by atoms with E-state index in [1.807, 2.05) is 60.7 Å². The van der Waals surface area contributed by atoms with E-state index in [9.17, 15) is 9.90 Å². The number of nitrogens with two attached hydrogens (primary N) is 1. The maximum atomic E-state index is 11.5. The van der Waals surface area contributed by atoms with E-state index in [4.69, 9.17) is 5.73 Å². The van der Waals surface area contributed by atoms with Gasteiger partial charge in [0.1, 0.15) is 6.54 Å². The van der Waals surface area contributed by atoms with Crippen molar-refractivity contribution in [1.82, 2.24) is 0 Å². The molecular weight excluding hydrogens is 404 g/mol. The maximum absolute atomic E-state index is 11.5. The topological polar surface area (TPSA) is 63.3 Å². The summed E-state index contributed by atoms with van der Waals surface area (Å²) in [5.41, 5.74) is 5.54. The van der Waals surface area contributed by atoms with Crippen molar-refractivity contribution in [3.05, 3.63) is 71.8 Å². The van der Waals surface area contributed by atoms with Crippen LogP contribution in [0.25, 0.3) is 0 Å². The molecule has 5 heteroatoms. The van der Waals surface area contributed by atoms with Crippen molar-refractivity contribution in [2.45, 2.75) is 18.4 Å². The van der Waals surface area contributed by atoms with Crippen molar-refractivity contribution in [1.29, 1.82) is 0 Å². The first-order chi connectivity index (χ1) is 12.5. The van der Waals surface area contributed by atoms with E-state index in [1.54, 1.807) is 0 Å². The van der Waals surface area contributed by atoms with E-state index in [0.717, 1.165) is 37.1 Å². The van der Waals surface area contributed by atoms with Gasteiger partial charge in [0.05, 0.1) is 13.1 Å². The number of nitrogens with zero attached hydrogens (tertiary/aromatic N) is 1. The number of hydrogen-bond donors (Lipinski definition) is 2. The molecule has 3 N–H and O–H groups in total. The monoisotopic (exact) mass is 428 g/mol. The number of likely N-dealkylation sites (tertiary alicyclic amines) is 1. The number of hydrogen-bond acceptors (Lipinski definition) is 2. The minimum atomic E-state index is -1.38. The molecule has 0 saturated carbocycles. The first-order valence-corrected chi connectivity index (χ1v) is 9.01. The summed E-state index contributed by atoms with van der Waals surface area (Å²) in [5, 5.41) is 11.4. The highest BCUT2D eigenvalue weighted by atomic mass is 79.9. The molecule has 2 aromatic rings. The van der Waals surface area contributed by atoms with Crippen LogP contribution in [0, 0.1) is 11.8 Å². The summed E-state index contributed by atoms with van der Waals surface area (Å²) in [6.45, 7) is 2.65. The van der Waals surface area contributed by atoms with Crippen molar-refractivity contribution in [3.8, 4) is 11.8 Å². The minimum Gasteiger partial charge on any atom is -1.00 e. The Hall–Kier alpha value is -2.13. The van der Waals surface area contributed by atoms with Crippen molar-refractivity contribution < 1.29 is 31.4 Å². The van der Waals surface area contributed by atoms with Crippen molar-refractivity contribution in [2.24, 2.45) is 5.73 Å². The Labute approximate surface area is 171 Å². The van der Waals surface area contributed by atoms with E-state index < -0.39 is 5.60 Å². The number of carbonyl (C=O) groups excluding carboxylic acids is 1. The van der Waals surface area contributed by atoms with Crippen molar-refractivity contribution in [3.63, 3.8) is 0 Å². The van der Waals surface area contributed by atoms with E-state index in [2.05, 4.69) is 11.8 Å². The lowest BCUT2D eigenvalue weighted by atomic mass is 9.87. The van der Waals surface area contributed by atoms with Gasteiger partial charge in [0.15, 0.2) is 12.1 Å². The molecule has 1 aliphatic rings. The van der Waals surface area contributed by atoms with Crippen LogP contribution in [0.2, 0.25) is 0 Å². The standard InChI is InChI=1S/C22H24N2O2.BrH/c23-21(25)18-24(15-7-8-16-24)17-9-14-22(26,19-10-3-1-4-11-19)20-12-5-2-6-13-20;/h1-6,10-13,26H,7-8,15-18H2,(H-,23,25);1H. The molecule has 0 spiro atoms. The molecule has 0 aromatic heterocycles. The fourth-order valence-electron chi connectivity index (χ4n) is 3.71. The fraction of sp³-hybridized carbons (Fsp3) is 0.318. The number of benzene rings is 2. The molecule has 1 aliphatic heterocycles. The molecule has 2 aromatic carbocycles. The van der Waals surface area contributed by atoms with Gasteiger partial charge < -0.3 is 32.3 Å².